The lowest BCUT2D eigenvalue weighted by Crippen LogP contribution is -2.25. The summed E-state index contributed by atoms with van der Waals surface area (Å²) >= 11 is 6.04. The molecule has 2 N–H and O–H groups in total. The van der Waals surface area contributed by atoms with Gasteiger partial charge in [-0.25, -0.2) is 0 Å². The summed E-state index contributed by atoms with van der Waals surface area (Å²) < 4.78 is 0. The van der Waals surface area contributed by atoms with E-state index >= 15 is 0 Å². The van der Waals surface area contributed by atoms with Gasteiger partial charge in [-0.2, -0.15) is 0 Å². The Labute approximate surface area is 94.8 Å². The van der Waals surface area contributed by atoms with Crippen LogP contribution in [0.2, 0.25) is 5.02 Å². The smallest absolute Gasteiger partial charge is 0.238 e. The van der Waals surface area contributed by atoms with Crippen LogP contribution in [0.15, 0.2) is 12.1 Å². The lowest BCUT2D eigenvalue weighted by molar-refractivity contribution is -0.115. The van der Waals surface area contributed by atoms with Gasteiger partial charge in [0.15, 0.2) is 0 Å². The molecular formula is C11H15ClN2O. The highest BCUT2D eigenvalue weighted by Crippen LogP contribution is 2.26. The molecule has 0 aliphatic rings. The zero-order valence-corrected chi connectivity index (χ0v) is 9.90. The van der Waals surface area contributed by atoms with E-state index in [-0.39, 0.29) is 12.5 Å². The van der Waals surface area contributed by atoms with E-state index in [1.807, 2.05) is 26.0 Å². The number of nitrogens with one attached hydrogen (secondary N) is 2. The van der Waals surface area contributed by atoms with Gasteiger partial charge in [0.05, 0.1) is 17.3 Å². The van der Waals surface area contributed by atoms with Crippen LogP contribution in [0, 0.1) is 13.8 Å². The maximum atomic E-state index is 11.4. The normalized spacial score (nSPS) is 10.1. The van der Waals surface area contributed by atoms with Crippen molar-refractivity contribution in [2.75, 3.05) is 18.9 Å². The molecule has 0 fully saturated rings. The number of likely N-dealkylation sites (N-methyl/N-ethyl adjacent to an activating group) is 1. The van der Waals surface area contributed by atoms with Crippen molar-refractivity contribution < 1.29 is 4.79 Å². The van der Waals surface area contributed by atoms with Gasteiger partial charge in [-0.05, 0) is 38.1 Å². The van der Waals surface area contributed by atoms with Crippen molar-refractivity contribution in [1.29, 1.82) is 0 Å². The molecule has 3 nitrogen and oxygen atoms in total. The van der Waals surface area contributed by atoms with Crippen molar-refractivity contribution in [2.24, 2.45) is 0 Å². The summed E-state index contributed by atoms with van der Waals surface area (Å²) in [6, 6.07) is 3.82. The number of benzene rings is 1. The first kappa shape index (κ1) is 12.0. The molecule has 0 radical (unpaired) electrons. The van der Waals surface area contributed by atoms with E-state index in [9.17, 15) is 4.79 Å². The fraction of sp³-hybridized carbons (Fsp3) is 0.364. The zero-order chi connectivity index (χ0) is 11.4. The fourth-order valence-corrected chi connectivity index (χ4v) is 1.79. The highest BCUT2D eigenvalue weighted by Gasteiger charge is 2.08. The molecule has 0 bridgehead atoms. The Bertz CT molecular complexity index is 354. The van der Waals surface area contributed by atoms with Gasteiger partial charge < -0.3 is 10.6 Å². The number of carbonyl (C=O) groups excluding carboxylic acids is 1. The Morgan fingerprint density at radius 1 is 1.40 bits per heavy atom. The lowest BCUT2D eigenvalue weighted by Gasteiger charge is -2.11. The number of carbonyl (C=O) groups is 1. The molecule has 0 aromatic heterocycles. The molecule has 0 saturated carbocycles. The topological polar surface area (TPSA) is 41.1 Å². The molecule has 15 heavy (non-hydrogen) atoms. The highest BCUT2D eigenvalue weighted by molar-refractivity contribution is 6.34. The van der Waals surface area contributed by atoms with Gasteiger partial charge >= 0.3 is 0 Å². The first-order valence-corrected chi connectivity index (χ1v) is 5.13. The SMILES string of the molecule is CNCC(=O)Nc1c(C)cc(C)cc1Cl. The molecule has 0 unspecified atom stereocenters. The number of hydrogen-bond donors (Lipinski definition) is 2. The van der Waals surface area contributed by atoms with Crippen LogP contribution in [0.25, 0.3) is 0 Å². The molecule has 1 aromatic rings. The third-order valence-electron chi connectivity index (χ3n) is 2.03. The van der Waals surface area contributed by atoms with E-state index in [0.717, 1.165) is 11.1 Å². The van der Waals surface area contributed by atoms with Gasteiger partial charge in [0.1, 0.15) is 0 Å². The van der Waals surface area contributed by atoms with Crippen molar-refractivity contribution in [3.63, 3.8) is 0 Å². The summed E-state index contributed by atoms with van der Waals surface area (Å²) in [5.74, 6) is -0.0913. The summed E-state index contributed by atoms with van der Waals surface area (Å²) in [6.45, 7) is 4.18. The summed E-state index contributed by atoms with van der Waals surface area (Å²) in [5.41, 5.74) is 2.76. The summed E-state index contributed by atoms with van der Waals surface area (Å²) in [5, 5.41) is 6.14. The summed E-state index contributed by atoms with van der Waals surface area (Å²) in [7, 11) is 1.73. The van der Waals surface area contributed by atoms with Gasteiger partial charge in [-0.15, -0.1) is 0 Å². The van der Waals surface area contributed by atoms with Crippen molar-refractivity contribution >= 4 is 23.2 Å². The number of halogens is 1. The van der Waals surface area contributed by atoms with Crippen LogP contribution in [0.1, 0.15) is 11.1 Å². The zero-order valence-electron chi connectivity index (χ0n) is 9.15. The standard InChI is InChI=1S/C11H15ClN2O/c1-7-4-8(2)11(9(12)5-7)14-10(15)6-13-3/h4-5,13H,6H2,1-3H3,(H,14,15). The molecule has 0 aliphatic carbocycles. The van der Waals surface area contributed by atoms with E-state index < -0.39 is 0 Å². The molecule has 1 rings (SSSR count). The van der Waals surface area contributed by atoms with Crippen molar-refractivity contribution in [3.05, 3.63) is 28.3 Å². The minimum Gasteiger partial charge on any atom is -0.323 e. The van der Waals surface area contributed by atoms with Crippen LogP contribution >= 0.6 is 11.6 Å². The third kappa shape index (κ3) is 3.22. The Morgan fingerprint density at radius 2 is 2.07 bits per heavy atom. The molecule has 0 spiro atoms. The van der Waals surface area contributed by atoms with Crippen LogP contribution in [0.5, 0.6) is 0 Å². The molecule has 4 heteroatoms. The number of rotatable bonds is 3. The van der Waals surface area contributed by atoms with Crippen molar-refractivity contribution in [2.45, 2.75) is 13.8 Å². The predicted molar refractivity (Wildman–Crippen MR) is 63.5 cm³/mol. The van der Waals surface area contributed by atoms with Crippen LogP contribution in [0.4, 0.5) is 5.69 Å². The van der Waals surface area contributed by atoms with Crippen LogP contribution in [-0.4, -0.2) is 19.5 Å². The van der Waals surface area contributed by atoms with Crippen LogP contribution in [0.3, 0.4) is 0 Å². The van der Waals surface area contributed by atoms with E-state index in [1.54, 1.807) is 7.05 Å². The lowest BCUT2D eigenvalue weighted by atomic mass is 10.1. The molecule has 1 amide bonds. The molecule has 0 atom stereocenters. The average molecular weight is 227 g/mol. The maximum absolute atomic E-state index is 11.4. The van der Waals surface area contributed by atoms with Gasteiger partial charge in [0.2, 0.25) is 5.91 Å². The van der Waals surface area contributed by atoms with Crippen molar-refractivity contribution in [3.8, 4) is 0 Å². The minimum absolute atomic E-state index is 0.0913. The van der Waals surface area contributed by atoms with Gasteiger partial charge in [-0.1, -0.05) is 17.7 Å². The van der Waals surface area contributed by atoms with Crippen LogP contribution in [-0.2, 0) is 4.79 Å². The highest BCUT2D eigenvalue weighted by atomic mass is 35.5. The molecular weight excluding hydrogens is 212 g/mol. The number of anilines is 1. The average Bonchev–Trinajstić information content (AvgIpc) is 2.11. The summed E-state index contributed by atoms with van der Waals surface area (Å²) in [6.07, 6.45) is 0. The number of aryl methyl sites for hydroxylation is 2. The second-order valence-corrected chi connectivity index (χ2v) is 3.92. The minimum atomic E-state index is -0.0913. The maximum Gasteiger partial charge on any atom is 0.238 e. The van der Waals surface area contributed by atoms with E-state index in [4.69, 9.17) is 11.6 Å². The number of amides is 1. The van der Waals surface area contributed by atoms with Gasteiger partial charge in [0.25, 0.3) is 0 Å². The van der Waals surface area contributed by atoms with Crippen LogP contribution < -0.4 is 10.6 Å². The van der Waals surface area contributed by atoms with E-state index in [2.05, 4.69) is 10.6 Å². The predicted octanol–water partition coefficient (Wildman–Crippen LogP) is 2.11. The quantitative estimate of drug-likeness (QED) is 0.829. The number of hydrogen-bond acceptors (Lipinski definition) is 2. The Balaban J connectivity index is 2.90. The fourth-order valence-electron chi connectivity index (χ4n) is 1.42. The van der Waals surface area contributed by atoms with Gasteiger partial charge in [-0.3, -0.25) is 4.79 Å². The molecule has 0 saturated heterocycles. The monoisotopic (exact) mass is 226 g/mol. The van der Waals surface area contributed by atoms with E-state index in [1.165, 1.54) is 0 Å². The first-order chi connectivity index (χ1) is 7.04. The second kappa shape index (κ2) is 5.14. The van der Waals surface area contributed by atoms with Gasteiger partial charge in [0, 0.05) is 0 Å². The second-order valence-electron chi connectivity index (χ2n) is 3.52. The molecule has 0 aliphatic heterocycles. The molecule has 82 valence electrons. The van der Waals surface area contributed by atoms with E-state index in [0.29, 0.717) is 10.7 Å². The largest absolute Gasteiger partial charge is 0.323 e. The summed E-state index contributed by atoms with van der Waals surface area (Å²) in [4.78, 5) is 11.4. The third-order valence-corrected chi connectivity index (χ3v) is 2.33. The Hall–Kier alpha value is -1.06. The Morgan fingerprint density at radius 3 is 2.60 bits per heavy atom. The Kier molecular flexibility index (Phi) is 4.12. The first-order valence-electron chi connectivity index (χ1n) is 4.75. The van der Waals surface area contributed by atoms with Crippen molar-refractivity contribution in [1.82, 2.24) is 5.32 Å². The molecule has 1 aromatic carbocycles. The molecule has 0 heterocycles.